The molecule has 1 saturated carbocycles. The largest absolute Gasteiger partial charge is 0.366 e. The highest BCUT2D eigenvalue weighted by Crippen LogP contribution is 2.40. The van der Waals surface area contributed by atoms with Gasteiger partial charge in [0.25, 0.3) is 5.91 Å². The van der Waals surface area contributed by atoms with Gasteiger partial charge in [0.15, 0.2) is 0 Å². The van der Waals surface area contributed by atoms with Crippen LogP contribution in [0.15, 0.2) is 54.6 Å². The van der Waals surface area contributed by atoms with Crippen molar-refractivity contribution < 1.29 is 14.4 Å². The van der Waals surface area contributed by atoms with Gasteiger partial charge in [-0.05, 0) is 61.4 Å². The first-order valence-electron chi connectivity index (χ1n) is 11.1. The number of likely N-dealkylation sites (tertiary alicyclic amines) is 1. The van der Waals surface area contributed by atoms with Crippen molar-refractivity contribution in [3.8, 4) is 0 Å². The van der Waals surface area contributed by atoms with E-state index in [0.717, 1.165) is 31.2 Å². The van der Waals surface area contributed by atoms with Crippen LogP contribution in [0.5, 0.6) is 0 Å². The summed E-state index contributed by atoms with van der Waals surface area (Å²) < 4.78 is 0. The van der Waals surface area contributed by atoms with Crippen molar-refractivity contribution in [3.63, 3.8) is 0 Å². The third-order valence-electron chi connectivity index (χ3n) is 6.57. The SMILES string of the molecule is NC(=O)c1cccc(CCNC(=O)C2CC3CCCCC3N2C(=O)c2ccccc2)c1. The van der Waals surface area contributed by atoms with Crippen molar-refractivity contribution in [1.82, 2.24) is 10.2 Å². The van der Waals surface area contributed by atoms with Crippen LogP contribution in [-0.4, -0.2) is 41.2 Å². The number of nitrogens with zero attached hydrogens (tertiary/aromatic N) is 1. The third kappa shape index (κ3) is 4.63. The summed E-state index contributed by atoms with van der Waals surface area (Å²) in [4.78, 5) is 39.7. The maximum atomic E-state index is 13.3. The molecule has 3 atom stereocenters. The maximum Gasteiger partial charge on any atom is 0.254 e. The second kappa shape index (κ2) is 9.33. The molecule has 31 heavy (non-hydrogen) atoms. The van der Waals surface area contributed by atoms with Crippen molar-refractivity contribution in [1.29, 1.82) is 0 Å². The van der Waals surface area contributed by atoms with Crippen LogP contribution in [0.25, 0.3) is 0 Å². The Hall–Kier alpha value is -3.15. The second-order valence-corrected chi connectivity index (χ2v) is 8.55. The number of rotatable bonds is 6. The van der Waals surface area contributed by atoms with Crippen LogP contribution < -0.4 is 11.1 Å². The highest BCUT2D eigenvalue weighted by Gasteiger charge is 2.47. The fraction of sp³-hybridized carbons (Fsp3) is 0.400. The lowest BCUT2D eigenvalue weighted by atomic mass is 9.84. The number of nitrogens with two attached hydrogens (primary N) is 1. The van der Waals surface area contributed by atoms with Crippen molar-refractivity contribution >= 4 is 17.7 Å². The van der Waals surface area contributed by atoms with Gasteiger partial charge in [-0.1, -0.05) is 43.2 Å². The minimum absolute atomic E-state index is 0.0516. The van der Waals surface area contributed by atoms with Gasteiger partial charge in [-0.2, -0.15) is 0 Å². The lowest BCUT2D eigenvalue weighted by Crippen LogP contribution is -2.49. The lowest BCUT2D eigenvalue weighted by Gasteiger charge is -2.33. The van der Waals surface area contributed by atoms with E-state index in [1.807, 2.05) is 41.3 Å². The Kier molecular flexibility index (Phi) is 6.35. The minimum Gasteiger partial charge on any atom is -0.366 e. The van der Waals surface area contributed by atoms with Crippen LogP contribution >= 0.6 is 0 Å². The highest BCUT2D eigenvalue weighted by atomic mass is 16.2. The van der Waals surface area contributed by atoms with E-state index in [1.165, 1.54) is 6.42 Å². The summed E-state index contributed by atoms with van der Waals surface area (Å²) in [6.45, 7) is 0.445. The number of amides is 3. The summed E-state index contributed by atoms with van der Waals surface area (Å²) in [5, 5.41) is 3.02. The number of primary amides is 1. The summed E-state index contributed by atoms with van der Waals surface area (Å²) >= 11 is 0. The molecule has 3 unspecified atom stereocenters. The zero-order valence-corrected chi connectivity index (χ0v) is 17.6. The topological polar surface area (TPSA) is 92.5 Å². The first kappa shape index (κ1) is 21.1. The number of fused-ring (bicyclic) bond motifs is 1. The van der Waals surface area contributed by atoms with Gasteiger partial charge in [-0.25, -0.2) is 0 Å². The molecule has 1 saturated heterocycles. The van der Waals surface area contributed by atoms with Gasteiger partial charge < -0.3 is 16.0 Å². The molecule has 6 nitrogen and oxygen atoms in total. The van der Waals surface area contributed by atoms with Gasteiger partial charge >= 0.3 is 0 Å². The molecule has 2 aliphatic rings. The van der Waals surface area contributed by atoms with Crippen molar-refractivity contribution in [2.45, 2.75) is 50.6 Å². The Balaban J connectivity index is 1.44. The van der Waals surface area contributed by atoms with E-state index in [0.29, 0.717) is 30.0 Å². The predicted octanol–water partition coefficient (Wildman–Crippen LogP) is 2.92. The number of hydrogen-bond acceptors (Lipinski definition) is 3. The number of carbonyl (C=O) groups is 3. The Morgan fingerprint density at radius 2 is 1.71 bits per heavy atom. The van der Waals surface area contributed by atoms with Crippen molar-refractivity contribution in [2.24, 2.45) is 11.7 Å². The molecule has 162 valence electrons. The second-order valence-electron chi connectivity index (χ2n) is 8.55. The number of carbonyl (C=O) groups excluding carboxylic acids is 3. The molecular weight excluding hydrogens is 390 g/mol. The summed E-state index contributed by atoms with van der Waals surface area (Å²) in [5.74, 6) is -0.215. The predicted molar refractivity (Wildman–Crippen MR) is 118 cm³/mol. The number of nitrogens with one attached hydrogen (secondary N) is 1. The fourth-order valence-electron chi connectivity index (χ4n) is 5.04. The standard InChI is InChI=1S/C25H29N3O3/c26-23(29)20-11-6-7-17(15-20)13-14-27-24(30)22-16-19-10-4-5-12-21(19)28(22)25(31)18-8-2-1-3-9-18/h1-3,6-9,11,15,19,21-22H,4-5,10,12-14,16H2,(H2,26,29)(H,27,30). The highest BCUT2D eigenvalue weighted by molar-refractivity contribution is 5.98. The Morgan fingerprint density at radius 3 is 2.48 bits per heavy atom. The number of benzene rings is 2. The molecule has 0 aromatic heterocycles. The Morgan fingerprint density at radius 1 is 0.968 bits per heavy atom. The molecule has 0 spiro atoms. The summed E-state index contributed by atoms with van der Waals surface area (Å²) in [6, 6.07) is 16.1. The average molecular weight is 420 g/mol. The normalized spacial score (nSPS) is 22.6. The van der Waals surface area contributed by atoms with E-state index in [-0.39, 0.29) is 17.9 Å². The smallest absolute Gasteiger partial charge is 0.254 e. The maximum absolute atomic E-state index is 13.3. The minimum atomic E-state index is -0.463. The van der Waals surface area contributed by atoms with E-state index in [4.69, 9.17) is 5.73 Å². The zero-order valence-electron chi connectivity index (χ0n) is 17.6. The van der Waals surface area contributed by atoms with Crippen LogP contribution in [-0.2, 0) is 11.2 Å². The quantitative estimate of drug-likeness (QED) is 0.754. The first-order chi connectivity index (χ1) is 15.0. The molecular formula is C25H29N3O3. The Bertz CT molecular complexity index is 959. The molecule has 6 heteroatoms. The molecule has 1 aliphatic heterocycles. The van der Waals surface area contributed by atoms with Gasteiger partial charge in [0.05, 0.1) is 0 Å². The van der Waals surface area contributed by atoms with Gasteiger partial charge in [-0.3, -0.25) is 14.4 Å². The molecule has 2 fully saturated rings. The van der Waals surface area contributed by atoms with E-state index in [1.54, 1.807) is 18.2 Å². The van der Waals surface area contributed by atoms with Gasteiger partial charge in [-0.15, -0.1) is 0 Å². The summed E-state index contributed by atoms with van der Waals surface area (Å²) in [6.07, 6.45) is 5.63. The molecule has 0 bridgehead atoms. The summed E-state index contributed by atoms with van der Waals surface area (Å²) in [5.41, 5.74) is 7.38. The molecule has 4 rings (SSSR count). The van der Waals surface area contributed by atoms with Crippen LogP contribution in [0.1, 0.15) is 58.4 Å². The Labute approximate surface area is 182 Å². The van der Waals surface area contributed by atoms with E-state index in [2.05, 4.69) is 5.32 Å². The van der Waals surface area contributed by atoms with Crippen LogP contribution in [0.2, 0.25) is 0 Å². The zero-order chi connectivity index (χ0) is 21.8. The molecule has 3 amide bonds. The number of hydrogen-bond donors (Lipinski definition) is 2. The first-order valence-corrected chi connectivity index (χ1v) is 11.1. The van der Waals surface area contributed by atoms with Crippen molar-refractivity contribution in [3.05, 3.63) is 71.3 Å². The fourth-order valence-corrected chi connectivity index (χ4v) is 5.04. The van der Waals surface area contributed by atoms with Crippen molar-refractivity contribution in [2.75, 3.05) is 6.54 Å². The third-order valence-corrected chi connectivity index (χ3v) is 6.57. The average Bonchev–Trinajstić information content (AvgIpc) is 3.19. The molecule has 2 aromatic carbocycles. The van der Waals surface area contributed by atoms with E-state index in [9.17, 15) is 14.4 Å². The molecule has 1 heterocycles. The van der Waals surface area contributed by atoms with E-state index < -0.39 is 11.9 Å². The van der Waals surface area contributed by atoms with Crippen LogP contribution in [0, 0.1) is 5.92 Å². The van der Waals surface area contributed by atoms with Crippen LogP contribution in [0.3, 0.4) is 0 Å². The van der Waals surface area contributed by atoms with Gasteiger partial charge in [0, 0.05) is 23.7 Å². The van der Waals surface area contributed by atoms with Gasteiger partial charge in [0.1, 0.15) is 6.04 Å². The van der Waals surface area contributed by atoms with Gasteiger partial charge in [0.2, 0.25) is 11.8 Å². The molecule has 2 aromatic rings. The van der Waals surface area contributed by atoms with Crippen LogP contribution in [0.4, 0.5) is 0 Å². The molecule has 0 radical (unpaired) electrons. The lowest BCUT2D eigenvalue weighted by molar-refractivity contribution is -0.125. The monoisotopic (exact) mass is 419 g/mol. The summed E-state index contributed by atoms with van der Waals surface area (Å²) in [7, 11) is 0. The molecule has 1 aliphatic carbocycles. The van der Waals surface area contributed by atoms with E-state index >= 15 is 0 Å². The molecule has 3 N–H and O–H groups in total.